The second kappa shape index (κ2) is 8.40. The van der Waals surface area contributed by atoms with Gasteiger partial charge in [0.05, 0.1) is 10.3 Å². The third-order valence-corrected chi connectivity index (χ3v) is 8.04. The summed E-state index contributed by atoms with van der Waals surface area (Å²) in [5.74, 6) is 0.00470. The molecule has 0 aromatic heterocycles. The minimum atomic E-state index is -4.42. The average Bonchev–Trinajstić information content (AvgIpc) is 3.09. The van der Waals surface area contributed by atoms with Crippen LogP contribution in [0.2, 0.25) is 0 Å². The van der Waals surface area contributed by atoms with Gasteiger partial charge in [-0.3, -0.25) is 4.79 Å². The number of halogens is 3. The Bertz CT molecular complexity index is 1060. The fourth-order valence-electron chi connectivity index (χ4n) is 4.31. The van der Waals surface area contributed by atoms with Gasteiger partial charge in [-0.05, 0) is 55.7 Å². The third-order valence-electron chi connectivity index (χ3n) is 6.12. The van der Waals surface area contributed by atoms with E-state index in [-0.39, 0.29) is 29.6 Å². The first-order chi connectivity index (χ1) is 15.1. The summed E-state index contributed by atoms with van der Waals surface area (Å²) in [4.78, 5) is 15.1. The van der Waals surface area contributed by atoms with E-state index in [0.29, 0.717) is 31.5 Å². The topological polar surface area (TPSA) is 66.9 Å². The van der Waals surface area contributed by atoms with Gasteiger partial charge in [-0.25, -0.2) is 8.42 Å². The van der Waals surface area contributed by atoms with Gasteiger partial charge >= 0.3 is 6.18 Å². The second-order valence-corrected chi connectivity index (χ2v) is 10.0. The van der Waals surface area contributed by atoms with Crippen LogP contribution in [0.25, 0.3) is 0 Å². The Kier molecular flexibility index (Phi) is 5.93. The molecule has 0 radical (unpaired) electrons. The van der Waals surface area contributed by atoms with Crippen molar-refractivity contribution < 1.29 is 31.1 Å². The Morgan fingerprint density at radius 1 is 0.906 bits per heavy atom. The molecule has 2 saturated heterocycles. The van der Waals surface area contributed by atoms with E-state index in [0.717, 1.165) is 0 Å². The van der Waals surface area contributed by atoms with Crippen LogP contribution in [-0.4, -0.2) is 51.0 Å². The van der Waals surface area contributed by atoms with Crippen molar-refractivity contribution in [1.29, 1.82) is 0 Å². The first-order valence-corrected chi connectivity index (χ1v) is 11.7. The molecule has 0 saturated carbocycles. The van der Waals surface area contributed by atoms with Crippen LogP contribution in [0.3, 0.4) is 0 Å². The van der Waals surface area contributed by atoms with Crippen molar-refractivity contribution in [1.82, 2.24) is 4.31 Å². The summed E-state index contributed by atoms with van der Waals surface area (Å²) in [7, 11) is -3.60. The van der Waals surface area contributed by atoms with Crippen molar-refractivity contribution in [2.45, 2.75) is 30.3 Å². The number of piperidine rings is 1. The molecule has 4 rings (SSSR count). The molecule has 0 aliphatic carbocycles. The lowest BCUT2D eigenvalue weighted by molar-refractivity contribution is -0.153. The smallest absolute Gasteiger partial charge is 0.422 e. The molecule has 2 aliphatic rings. The van der Waals surface area contributed by atoms with Crippen molar-refractivity contribution >= 4 is 21.6 Å². The highest BCUT2D eigenvalue weighted by molar-refractivity contribution is 7.89. The summed E-state index contributed by atoms with van der Waals surface area (Å²) in [5, 5.41) is 0. The van der Waals surface area contributed by atoms with Crippen LogP contribution in [0.15, 0.2) is 59.5 Å². The SMILES string of the molecule is O=C1N(c2ccc(OCC(F)(F)F)cc2)CCC12CCN(S(=O)(=O)c1ccccc1)CC2. The summed E-state index contributed by atoms with van der Waals surface area (Å²) in [5.41, 5.74) is -0.0284. The van der Waals surface area contributed by atoms with Crippen LogP contribution in [0.5, 0.6) is 5.75 Å². The number of anilines is 1. The van der Waals surface area contributed by atoms with Crippen molar-refractivity contribution in [2.75, 3.05) is 31.1 Å². The van der Waals surface area contributed by atoms with Gasteiger partial charge in [-0.2, -0.15) is 17.5 Å². The average molecular weight is 468 g/mol. The quantitative estimate of drug-likeness (QED) is 0.669. The van der Waals surface area contributed by atoms with Crippen molar-refractivity contribution in [2.24, 2.45) is 5.41 Å². The van der Waals surface area contributed by atoms with Gasteiger partial charge in [0.2, 0.25) is 15.9 Å². The van der Waals surface area contributed by atoms with Crippen LogP contribution >= 0.6 is 0 Å². The molecule has 1 spiro atoms. The van der Waals surface area contributed by atoms with E-state index in [1.807, 2.05) is 0 Å². The molecule has 2 aromatic carbocycles. The molecule has 2 heterocycles. The van der Waals surface area contributed by atoms with Crippen molar-refractivity contribution in [3.05, 3.63) is 54.6 Å². The third kappa shape index (κ3) is 4.47. The van der Waals surface area contributed by atoms with E-state index >= 15 is 0 Å². The summed E-state index contributed by atoms with van der Waals surface area (Å²) >= 11 is 0. The number of carbonyl (C=O) groups excluding carboxylic acids is 1. The van der Waals surface area contributed by atoms with Crippen LogP contribution in [0, 0.1) is 5.41 Å². The second-order valence-electron chi connectivity index (χ2n) is 8.10. The minimum absolute atomic E-state index is 0.0711. The summed E-state index contributed by atoms with van der Waals surface area (Å²) in [6.07, 6.45) is -2.95. The molecule has 2 aromatic rings. The Balaban J connectivity index is 1.41. The normalized spacial score (nSPS) is 19.5. The van der Waals surface area contributed by atoms with Gasteiger partial charge in [0.1, 0.15) is 5.75 Å². The molecule has 2 aliphatic heterocycles. The first kappa shape index (κ1) is 22.6. The number of benzene rings is 2. The molecule has 32 heavy (non-hydrogen) atoms. The number of carbonyl (C=O) groups is 1. The lowest BCUT2D eigenvalue weighted by Crippen LogP contribution is -2.46. The lowest BCUT2D eigenvalue weighted by atomic mass is 9.77. The van der Waals surface area contributed by atoms with E-state index in [2.05, 4.69) is 0 Å². The molecule has 0 atom stereocenters. The Hall–Kier alpha value is -2.59. The monoisotopic (exact) mass is 468 g/mol. The first-order valence-electron chi connectivity index (χ1n) is 10.3. The number of alkyl halides is 3. The van der Waals surface area contributed by atoms with Crippen LogP contribution in [-0.2, 0) is 14.8 Å². The molecule has 6 nitrogen and oxygen atoms in total. The van der Waals surface area contributed by atoms with Gasteiger partial charge in [0.15, 0.2) is 6.61 Å². The summed E-state index contributed by atoms with van der Waals surface area (Å²) in [6, 6.07) is 14.2. The fourth-order valence-corrected chi connectivity index (χ4v) is 5.78. The van der Waals surface area contributed by atoms with Gasteiger partial charge < -0.3 is 9.64 Å². The van der Waals surface area contributed by atoms with Crippen LogP contribution < -0.4 is 9.64 Å². The number of rotatable bonds is 5. The number of nitrogens with zero attached hydrogens (tertiary/aromatic N) is 2. The molecular formula is C22H23F3N2O4S. The number of amides is 1. The highest BCUT2D eigenvalue weighted by atomic mass is 32.2. The zero-order chi connectivity index (χ0) is 23.0. The Morgan fingerprint density at radius 2 is 1.50 bits per heavy atom. The minimum Gasteiger partial charge on any atom is -0.484 e. The number of hydrogen-bond acceptors (Lipinski definition) is 4. The number of ether oxygens (including phenoxy) is 1. The van der Waals surface area contributed by atoms with E-state index in [1.165, 1.54) is 16.4 Å². The fraction of sp³-hybridized carbons (Fsp3) is 0.409. The maximum Gasteiger partial charge on any atom is 0.422 e. The van der Waals surface area contributed by atoms with Gasteiger partial charge in [0, 0.05) is 25.3 Å². The molecule has 1 amide bonds. The predicted octanol–water partition coefficient (Wildman–Crippen LogP) is 3.84. The predicted molar refractivity (Wildman–Crippen MR) is 112 cm³/mol. The molecule has 2 fully saturated rings. The molecule has 172 valence electrons. The van der Waals surface area contributed by atoms with E-state index in [1.54, 1.807) is 47.4 Å². The Morgan fingerprint density at radius 3 is 2.09 bits per heavy atom. The van der Waals surface area contributed by atoms with Gasteiger partial charge in [-0.15, -0.1) is 0 Å². The lowest BCUT2D eigenvalue weighted by Gasteiger charge is -2.37. The van der Waals surface area contributed by atoms with Gasteiger partial charge in [0.25, 0.3) is 0 Å². The van der Waals surface area contributed by atoms with E-state index < -0.39 is 28.2 Å². The zero-order valence-electron chi connectivity index (χ0n) is 17.2. The van der Waals surface area contributed by atoms with Crippen LogP contribution in [0.1, 0.15) is 19.3 Å². The van der Waals surface area contributed by atoms with Crippen molar-refractivity contribution in [3.8, 4) is 5.75 Å². The standard InChI is InChI=1S/C22H23F3N2O4S/c23-22(24,25)16-31-18-8-6-17(7-9-18)27-15-12-21(20(27)28)10-13-26(14-11-21)32(29,30)19-4-2-1-3-5-19/h1-9H,10-16H2. The Labute approximate surface area is 184 Å². The van der Waals surface area contributed by atoms with Crippen molar-refractivity contribution in [3.63, 3.8) is 0 Å². The van der Waals surface area contributed by atoms with Gasteiger partial charge in [-0.1, -0.05) is 18.2 Å². The molecule has 0 bridgehead atoms. The summed E-state index contributed by atoms with van der Waals surface area (Å²) in [6.45, 7) is -0.366. The zero-order valence-corrected chi connectivity index (χ0v) is 18.0. The molecule has 0 N–H and O–H groups in total. The van der Waals surface area contributed by atoms with E-state index in [4.69, 9.17) is 4.74 Å². The largest absolute Gasteiger partial charge is 0.484 e. The molecule has 0 unspecified atom stereocenters. The van der Waals surface area contributed by atoms with E-state index in [9.17, 15) is 26.4 Å². The maximum absolute atomic E-state index is 13.2. The highest BCUT2D eigenvalue weighted by Gasteiger charge is 2.49. The molecule has 10 heteroatoms. The number of sulfonamides is 1. The van der Waals surface area contributed by atoms with Crippen LogP contribution in [0.4, 0.5) is 18.9 Å². The molecular weight excluding hydrogens is 445 g/mol. The highest BCUT2D eigenvalue weighted by Crippen LogP contribution is 2.44. The number of hydrogen-bond donors (Lipinski definition) is 0. The summed E-state index contributed by atoms with van der Waals surface area (Å²) < 4.78 is 68.7. The maximum atomic E-state index is 13.2.